The summed E-state index contributed by atoms with van der Waals surface area (Å²) in [5.41, 5.74) is 0.527. The lowest BCUT2D eigenvalue weighted by atomic mass is 9.87. The smallest absolute Gasteiger partial charge is 0.207 e. The maximum atomic E-state index is 13.6. The molecular formula is C13H18FNO2S. The highest BCUT2D eigenvalue weighted by Gasteiger charge is 2.22. The number of rotatable bonds is 4. The maximum Gasteiger partial charge on any atom is 0.243 e. The molecular weight excluding hydrogens is 253 g/mol. The van der Waals surface area contributed by atoms with Gasteiger partial charge < -0.3 is 0 Å². The topological polar surface area (TPSA) is 46.2 Å². The van der Waals surface area contributed by atoms with Gasteiger partial charge in [-0.1, -0.05) is 32.9 Å². The Morgan fingerprint density at radius 3 is 2.50 bits per heavy atom. The van der Waals surface area contributed by atoms with Crippen molar-refractivity contribution in [3.8, 4) is 0 Å². The van der Waals surface area contributed by atoms with E-state index in [-0.39, 0.29) is 16.9 Å². The van der Waals surface area contributed by atoms with Gasteiger partial charge in [0.25, 0.3) is 0 Å². The molecule has 3 nitrogen and oxygen atoms in total. The van der Waals surface area contributed by atoms with Gasteiger partial charge in [0.2, 0.25) is 10.0 Å². The highest BCUT2D eigenvalue weighted by Crippen LogP contribution is 2.26. The summed E-state index contributed by atoms with van der Waals surface area (Å²) >= 11 is 0. The lowest BCUT2D eigenvalue weighted by Gasteiger charge is -2.20. The van der Waals surface area contributed by atoms with Crippen LogP contribution in [0, 0.1) is 5.82 Å². The molecule has 0 fully saturated rings. The molecule has 0 spiro atoms. The first-order chi connectivity index (χ1) is 8.18. The van der Waals surface area contributed by atoms with E-state index >= 15 is 0 Å². The Morgan fingerprint density at radius 1 is 1.39 bits per heavy atom. The van der Waals surface area contributed by atoms with Crippen molar-refractivity contribution >= 4 is 10.0 Å². The molecule has 0 unspecified atom stereocenters. The van der Waals surface area contributed by atoms with Crippen LogP contribution in [0.25, 0.3) is 0 Å². The van der Waals surface area contributed by atoms with Crippen molar-refractivity contribution < 1.29 is 12.8 Å². The predicted octanol–water partition coefficient (Wildman–Crippen LogP) is 2.59. The highest BCUT2D eigenvalue weighted by molar-refractivity contribution is 7.89. The summed E-state index contributed by atoms with van der Waals surface area (Å²) in [7, 11) is -3.83. The first kappa shape index (κ1) is 14.9. The molecule has 0 bridgehead atoms. The summed E-state index contributed by atoms with van der Waals surface area (Å²) in [5, 5.41) is 0. The van der Waals surface area contributed by atoms with Crippen molar-refractivity contribution in [1.82, 2.24) is 4.72 Å². The normalized spacial score (nSPS) is 12.4. The second kappa shape index (κ2) is 5.20. The average Bonchev–Trinajstić information content (AvgIpc) is 2.25. The Morgan fingerprint density at radius 2 is 2.00 bits per heavy atom. The molecule has 0 aromatic heterocycles. The van der Waals surface area contributed by atoms with Gasteiger partial charge in [0.05, 0.1) is 0 Å². The molecule has 0 saturated carbocycles. The fraction of sp³-hybridized carbons (Fsp3) is 0.385. The Kier molecular flexibility index (Phi) is 4.29. The van der Waals surface area contributed by atoms with E-state index < -0.39 is 15.8 Å². The first-order valence-electron chi connectivity index (χ1n) is 5.59. The van der Waals surface area contributed by atoms with Crippen molar-refractivity contribution in [1.29, 1.82) is 0 Å². The lowest BCUT2D eigenvalue weighted by Crippen LogP contribution is -2.25. The predicted molar refractivity (Wildman–Crippen MR) is 70.5 cm³/mol. The van der Waals surface area contributed by atoms with Crippen molar-refractivity contribution in [2.24, 2.45) is 0 Å². The second-order valence-electron chi connectivity index (χ2n) is 5.04. The number of halogens is 1. The van der Waals surface area contributed by atoms with Crippen LogP contribution in [0.2, 0.25) is 0 Å². The molecule has 0 aliphatic rings. The quantitative estimate of drug-likeness (QED) is 0.856. The van der Waals surface area contributed by atoms with Gasteiger partial charge in [-0.05, 0) is 23.1 Å². The van der Waals surface area contributed by atoms with Gasteiger partial charge in [0.15, 0.2) is 0 Å². The van der Waals surface area contributed by atoms with Gasteiger partial charge in [-0.2, -0.15) is 0 Å². The van der Waals surface area contributed by atoms with E-state index in [1.807, 2.05) is 20.8 Å². The Hall–Kier alpha value is -1.20. The van der Waals surface area contributed by atoms with Crippen LogP contribution in [0.15, 0.2) is 35.7 Å². The van der Waals surface area contributed by atoms with Gasteiger partial charge in [-0.15, -0.1) is 6.58 Å². The van der Waals surface area contributed by atoms with Crippen LogP contribution < -0.4 is 4.72 Å². The van der Waals surface area contributed by atoms with Gasteiger partial charge >= 0.3 is 0 Å². The third kappa shape index (κ3) is 3.40. The summed E-state index contributed by atoms with van der Waals surface area (Å²) in [4.78, 5) is -0.322. The minimum Gasteiger partial charge on any atom is -0.207 e. The zero-order valence-corrected chi connectivity index (χ0v) is 11.6. The fourth-order valence-corrected chi connectivity index (χ4v) is 2.52. The lowest BCUT2D eigenvalue weighted by molar-refractivity contribution is 0.549. The number of sulfonamides is 1. The molecule has 5 heteroatoms. The van der Waals surface area contributed by atoms with Crippen LogP contribution in [0.5, 0.6) is 0 Å². The first-order valence-corrected chi connectivity index (χ1v) is 7.07. The van der Waals surface area contributed by atoms with Crippen molar-refractivity contribution in [2.75, 3.05) is 6.54 Å². The van der Waals surface area contributed by atoms with Gasteiger partial charge in [0, 0.05) is 6.54 Å². The van der Waals surface area contributed by atoms with E-state index in [2.05, 4.69) is 11.3 Å². The summed E-state index contributed by atoms with van der Waals surface area (Å²) in [5.74, 6) is -0.750. The molecule has 1 aromatic carbocycles. The zero-order chi connectivity index (χ0) is 14.0. The summed E-state index contributed by atoms with van der Waals surface area (Å²) in [6, 6.07) is 4.16. The molecule has 0 heterocycles. The van der Waals surface area contributed by atoms with Crippen molar-refractivity contribution in [3.05, 3.63) is 42.2 Å². The average molecular weight is 271 g/mol. The second-order valence-corrected chi connectivity index (χ2v) is 6.77. The van der Waals surface area contributed by atoms with E-state index in [1.54, 1.807) is 6.07 Å². The third-order valence-corrected chi connectivity index (χ3v) is 3.94. The number of hydrogen-bond donors (Lipinski definition) is 1. The largest absolute Gasteiger partial charge is 0.243 e. The Bertz CT molecular complexity index is 545. The molecule has 100 valence electrons. The van der Waals surface area contributed by atoms with Crippen LogP contribution in [-0.4, -0.2) is 15.0 Å². The fourth-order valence-electron chi connectivity index (χ4n) is 1.42. The molecule has 1 aromatic rings. The van der Waals surface area contributed by atoms with Gasteiger partial charge in [-0.3, -0.25) is 0 Å². The number of hydrogen-bond acceptors (Lipinski definition) is 2. The van der Waals surface area contributed by atoms with Gasteiger partial charge in [0.1, 0.15) is 10.7 Å². The van der Waals surface area contributed by atoms with Crippen molar-refractivity contribution in [2.45, 2.75) is 31.1 Å². The summed E-state index contributed by atoms with van der Waals surface area (Å²) in [6.45, 7) is 9.30. The van der Waals surface area contributed by atoms with E-state index in [4.69, 9.17) is 0 Å². The summed E-state index contributed by atoms with van der Waals surface area (Å²) in [6.07, 6.45) is 1.41. The molecule has 0 amide bonds. The van der Waals surface area contributed by atoms with Crippen LogP contribution >= 0.6 is 0 Å². The molecule has 0 saturated heterocycles. The minimum atomic E-state index is -3.83. The van der Waals surface area contributed by atoms with Crippen molar-refractivity contribution in [3.63, 3.8) is 0 Å². The van der Waals surface area contributed by atoms with Crippen LogP contribution in [0.4, 0.5) is 4.39 Å². The molecule has 0 atom stereocenters. The van der Waals surface area contributed by atoms with Crippen LogP contribution in [-0.2, 0) is 15.4 Å². The molecule has 1 rings (SSSR count). The Labute approximate surface area is 108 Å². The molecule has 0 aliphatic carbocycles. The monoisotopic (exact) mass is 271 g/mol. The third-order valence-electron chi connectivity index (χ3n) is 2.50. The minimum absolute atomic E-state index is 0.0710. The van der Waals surface area contributed by atoms with E-state index in [0.29, 0.717) is 0 Å². The summed E-state index contributed by atoms with van der Waals surface area (Å²) < 4.78 is 39.7. The maximum absolute atomic E-state index is 13.6. The van der Waals surface area contributed by atoms with Crippen LogP contribution in [0.3, 0.4) is 0 Å². The zero-order valence-electron chi connectivity index (χ0n) is 10.8. The molecule has 1 N–H and O–H groups in total. The Balaban J connectivity index is 3.28. The van der Waals surface area contributed by atoms with Gasteiger partial charge in [-0.25, -0.2) is 17.5 Å². The van der Waals surface area contributed by atoms with E-state index in [1.165, 1.54) is 18.2 Å². The van der Waals surface area contributed by atoms with E-state index in [9.17, 15) is 12.8 Å². The molecule has 0 radical (unpaired) electrons. The van der Waals surface area contributed by atoms with E-state index in [0.717, 1.165) is 5.56 Å². The SMILES string of the molecule is C=CCNS(=O)(=O)c1cc(C(C)(C)C)ccc1F. The van der Waals surface area contributed by atoms with Crippen LogP contribution in [0.1, 0.15) is 26.3 Å². The number of nitrogens with one attached hydrogen (secondary N) is 1. The number of benzene rings is 1. The molecule has 0 aliphatic heterocycles. The standard InChI is InChI=1S/C13H18FNO2S/c1-5-8-15-18(16,17)12-9-10(13(2,3)4)6-7-11(12)14/h5-7,9,15H,1,8H2,2-4H3. The highest BCUT2D eigenvalue weighted by atomic mass is 32.2. The molecule has 18 heavy (non-hydrogen) atoms.